The number of piperidine rings is 1. The van der Waals surface area contributed by atoms with Gasteiger partial charge in [-0.3, -0.25) is 4.79 Å². The van der Waals surface area contributed by atoms with Crippen molar-refractivity contribution in [1.29, 1.82) is 0 Å². The lowest BCUT2D eigenvalue weighted by Crippen LogP contribution is -2.37. The van der Waals surface area contributed by atoms with Crippen molar-refractivity contribution in [2.45, 2.75) is 68.7 Å². The summed E-state index contributed by atoms with van der Waals surface area (Å²) in [5.41, 5.74) is 0.467. The highest BCUT2D eigenvalue weighted by Crippen LogP contribution is 2.24. The van der Waals surface area contributed by atoms with E-state index in [-0.39, 0.29) is 16.8 Å². The van der Waals surface area contributed by atoms with Crippen LogP contribution in [0.1, 0.15) is 68.1 Å². The molecule has 0 spiro atoms. The third kappa shape index (κ3) is 4.29. The number of hydrogen-bond donors (Lipinski definition) is 0. The molecule has 2 aliphatic rings. The number of carbonyl (C=O) groups is 1. The van der Waals surface area contributed by atoms with Crippen LogP contribution in [0.25, 0.3) is 0 Å². The third-order valence-corrected chi connectivity index (χ3v) is 7.62. The lowest BCUT2D eigenvalue weighted by molar-refractivity contribution is 0.0717. The Kier molecular flexibility index (Phi) is 6.35. The zero-order valence-electron chi connectivity index (χ0n) is 15.7. The molecule has 0 atom stereocenters. The molecular weight excluding hydrogens is 348 g/mol. The summed E-state index contributed by atoms with van der Waals surface area (Å²) in [6, 6.07) is 6.83. The molecule has 144 valence electrons. The summed E-state index contributed by atoms with van der Waals surface area (Å²) in [6.07, 6.45) is 9.75. The summed E-state index contributed by atoms with van der Waals surface area (Å²) in [5, 5.41) is 0. The van der Waals surface area contributed by atoms with E-state index in [0.717, 1.165) is 44.9 Å². The molecule has 0 N–H and O–H groups in total. The van der Waals surface area contributed by atoms with Gasteiger partial charge in [-0.05, 0) is 43.9 Å². The molecular formula is C20H30N2O3S. The molecule has 0 unspecified atom stereocenters. The Morgan fingerprint density at radius 2 is 1.62 bits per heavy atom. The number of hydrogen-bond acceptors (Lipinski definition) is 3. The fourth-order valence-electron chi connectivity index (χ4n) is 4.06. The topological polar surface area (TPSA) is 57.7 Å². The standard InChI is InChI=1S/C20H30N2O3S/c1-21(18-11-5-2-3-6-12-18)20(23)17-10-9-13-19(16-17)26(24,25)22-14-7-4-8-15-22/h9-10,13,16,18H,2-8,11-12,14-15H2,1H3. The van der Waals surface area contributed by atoms with Crippen molar-refractivity contribution < 1.29 is 13.2 Å². The summed E-state index contributed by atoms with van der Waals surface area (Å²) in [6.45, 7) is 1.14. The van der Waals surface area contributed by atoms with E-state index in [1.165, 1.54) is 12.8 Å². The second kappa shape index (κ2) is 8.53. The van der Waals surface area contributed by atoms with Gasteiger partial charge in [0.15, 0.2) is 0 Å². The minimum Gasteiger partial charge on any atom is -0.339 e. The van der Waals surface area contributed by atoms with Gasteiger partial charge in [0.1, 0.15) is 0 Å². The highest BCUT2D eigenvalue weighted by molar-refractivity contribution is 7.89. The van der Waals surface area contributed by atoms with Gasteiger partial charge in [-0.2, -0.15) is 4.31 Å². The maximum absolute atomic E-state index is 12.9. The van der Waals surface area contributed by atoms with Gasteiger partial charge < -0.3 is 4.90 Å². The van der Waals surface area contributed by atoms with E-state index in [9.17, 15) is 13.2 Å². The lowest BCUT2D eigenvalue weighted by Gasteiger charge is -2.28. The minimum atomic E-state index is -3.51. The highest BCUT2D eigenvalue weighted by Gasteiger charge is 2.28. The first-order valence-corrected chi connectivity index (χ1v) is 11.3. The first-order chi connectivity index (χ1) is 12.5. The number of sulfonamides is 1. The van der Waals surface area contributed by atoms with Crippen LogP contribution in [0.2, 0.25) is 0 Å². The van der Waals surface area contributed by atoms with Gasteiger partial charge in [0.05, 0.1) is 4.90 Å². The van der Waals surface area contributed by atoms with E-state index in [2.05, 4.69) is 0 Å². The van der Waals surface area contributed by atoms with Crippen LogP contribution in [-0.2, 0) is 10.0 Å². The molecule has 0 aromatic heterocycles. The molecule has 26 heavy (non-hydrogen) atoms. The maximum atomic E-state index is 12.9. The summed E-state index contributed by atoms with van der Waals surface area (Å²) in [7, 11) is -1.66. The number of amides is 1. The molecule has 1 heterocycles. The molecule has 1 aliphatic heterocycles. The monoisotopic (exact) mass is 378 g/mol. The quantitative estimate of drug-likeness (QED) is 0.752. The molecule has 1 aromatic carbocycles. The third-order valence-electron chi connectivity index (χ3n) is 5.73. The SMILES string of the molecule is CN(C(=O)c1cccc(S(=O)(=O)N2CCCCC2)c1)C1CCCCCC1. The molecule has 5 nitrogen and oxygen atoms in total. The van der Waals surface area contributed by atoms with Gasteiger partial charge in [0.25, 0.3) is 5.91 Å². The Bertz CT molecular complexity index is 718. The normalized spacial score (nSPS) is 20.5. The highest BCUT2D eigenvalue weighted by atomic mass is 32.2. The van der Waals surface area contributed by atoms with E-state index in [1.807, 2.05) is 11.9 Å². The fraction of sp³-hybridized carbons (Fsp3) is 0.650. The second-order valence-corrected chi connectivity index (χ2v) is 9.49. The van der Waals surface area contributed by atoms with Crippen LogP contribution in [0.15, 0.2) is 29.2 Å². The number of nitrogens with zero attached hydrogens (tertiary/aromatic N) is 2. The lowest BCUT2D eigenvalue weighted by atomic mass is 10.1. The first kappa shape index (κ1) is 19.4. The van der Waals surface area contributed by atoms with Crippen molar-refractivity contribution in [2.75, 3.05) is 20.1 Å². The van der Waals surface area contributed by atoms with Gasteiger partial charge in [-0.1, -0.05) is 38.2 Å². The Labute approximate surface area is 157 Å². The average Bonchev–Trinajstić information content (AvgIpc) is 2.97. The van der Waals surface area contributed by atoms with Crippen LogP contribution < -0.4 is 0 Å². The number of rotatable bonds is 4. The Hall–Kier alpha value is -1.40. The van der Waals surface area contributed by atoms with Crippen molar-refractivity contribution in [2.24, 2.45) is 0 Å². The summed E-state index contributed by atoms with van der Waals surface area (Å²) < 4.78 is 27.3. The molecule has 1 aliphatic carbocycles. The second-order valence-electron chi connectivity index (χ2n) is 7.55. The van der Waals surface area contributed by atoms with Crippen LogP contribution in [-0.4, -0.2) is 49.7 Å². The Balaban J connectivity index is 1.78. The fourth-order valence-corrected chi connectivity index (χ4v) is 5.62. The van der Waals surface area contributed by atoms with E-state index in [4.69, 9.17) is 0 Å². The van der Waals surface area contributed by atoms with Gasteiger partial charge in [0.2, 0.25) is 10.0 Å². The predicted molar refractivity (Wildman–Crippen MR) is 103 cm³/mol. The largest absolute Gasteiger partial charge is 0.339 e. The number of carbonyl (C=O) groups excluding carboxylic acids is 1. The van der Waals surface area contributed by atoms with Gasteiger partial charge in [0, 0.05) is 31.7 Å². The Morgan fingerprint density at radius 3 is 2.27 bits per heavy atom. The van der Waals surface area contributed by atoms with Crippen LogP contribution in [0.5, 0.6) is 0 Å². The molecule has 3 rings (SSSR count). The summed E-state index contributed by atoms with van der Waals surface area (Å²) in [4.78, 5) is 15.0. The van der Waals surface area contributed by atoms with Crippen LogP contribution >= 0.6 is 0 Å². The summed E-state index contributed by atoms with van der Waals surface area (Å²) in [5.74, 6) is -0.0763. The molecule has 0 bridgehead atoms. The van der Waals surface area contributed by atoms with Crippen molar-refractivity contribution in [1.82, 2.24) is 9.21 Å². The van der Waals surface area contributed by atoms with Crippen molar-refractivity contribution in [3.8, 4) is 0 Å². The van der Waals surface area contributed by atoms with Gasteiger partial charge in [-0.15, -0.1) is 0 Å². The van der Waals surface area contributed by atoms with E-state index in [0.29, 0.717) is 18.7 Å². The maximum Gasteiger partial charge on any atom is 0.253 e. The molecule has 2 fully saturated rings. The van der Waals surface area contributed by atoms with Crippen LogP contribution in [0.4, 0.5) is 0 Å². The zero-order valence-corrected chi connectivity index (χ0v) is 16.5. The molecule has 0 radical (unpaired) electrons. The van der Waals surface area contributed by atoms with E-state index in [1.54, 1.807) is 28.6 Å². The Morgan fingerprint density at radius 1 is 1.00 bits per heavy atom. The molecule has 6 heteroatoms. The van der Waals surface area contributed by atoms with Crippen LogP contribution in [0, 0.1) is 0 Å². The summed E-state index contributed by atoms with van der Waals surface area (Å²) >= 11 is 0. The average molecular weight is 379 g/mol. The molecule has 1 aromatic rings. The van der Waals surface area contributed by atoms with Gasteiger partial charge >= 0.3 is 0 Å². The number of benzene rings is 1. The van der Waals surface area contributed by atoms with Crippen molar-refractivity contribution >= 4 is 15.9 Å². The molecule has 1 saturated heterocycles. The smallest absolute Gasteiger partial charge is 0.253 e. The van der Waals surface area contributed by atoms with E-state index >= 15 is 0 Å². The molecule has 1 amide bonds. The zero-order chi connectivity index (χ0) is 18.6. The van der Waals surface area contributed by atoms with Crippen molar-refractivity contribution in [3.63, 3.8) is 0 Å². The van der Waals surface area contributed by atoms with Crippen LogP contribution in [0.3, 0.4) is 0 Å². The first-order valence-electron chi connectivity index (χ1n) is 9.87. The molecule has 1 saturated carbocycles. The predicted octanol–water partition coefficient (Wildman–Crippen LogP) is 3.66. The minimum absolute atomic E-state index is 0.0763. The van der Waals surface area contributed by atoms with E-state index < -0.39 is 10.0 Å². The van der Waals surface area contributed by atoms with Crippen molar-refractivity contribution in [3.05, 3.63) is 29.8 Å². The van der Waals surface area contributed by atoms with Gasteiger partial charge in [-0.25, -0.2) is 8.42 Å².